The third-order valence-corrected chi connectivity index (χ3v) is 3.55. The van der Waals surface area contributed by atoms with Crippen LogP contribution < -0.4 is 5.32 Å². The van der Waals surface area contributed by atoms with Gasteiger partial charge in [0.05, 0.1) is 11.7 Å². The fourth-order valence-corrected chi connectivity index (χ4v) is 2.39. The highest BCUT2D eigenvalue weighted by atomic mass is 16.5. The lowest BCUT2D eigenvalue weighted by atomic mass is 10.0. The molecule has 1 aliphatic rings. The van der Waals surface area contributed by atoms with Crippen LogP contribution in [-0.4, -0.2) is 25.3 Å². The summed E-state index contributed by atoms with van der Waals surface area (Å²) in [6.45, 7) is 5.41. The Kier molecular flexibility index (Phi) is 5.62. The van der Waals surface area contributed by atoms with Crippen molar-refractivity contribution in [1.29, 1.82) is 0 Å². The SMILES string of the molecule is CCC(C)(CNC)OC1CCCCCC1. The minimum absolute atomic E-state index is 0.0315. The second kappa shape index (κ2) is 6.49. The van der Waals surface area contributed by atoms with E-state index in [1.54, 1.807) is 0 Å². The Labute approximate surface area is 94.8 Å². The first-order chi connectivity index (χ1) is 7.20. The average molecular weight is 213 g/mol. The highest BCUT2D eigenvalue weighted by Gasteiger charge is 2.26. The van der Waals surface area contributed by atoms with Crippen LogP contribution in [0.3, 0.4) is 0 Å². The monoisotopic (exact) mass is 213 g/mol. The Morgan fingerprint density at radius 3 is 2.27 bits per heavy atom. The topological polar surface area (TPSA) is 21.3 Å². The predicted molar refractivity (Wildman–Crippen MR) is 65.2 cm³/mol. The maximum Gasteiger partial charge on any atom is 0.0779 e. The zero-order valence-electron chi connectivity index (χ0n) is 10.6. The van der Waals surface area contributed by atoms with Crippen molar-refractivity contribution in [2.24, 2.45) is 0 Å². The number of likely N-dealkylation sites (N-methyl/N-ethyl adjacent to an activating group) is 1. The molecule has 0 aliphatic heterocycles. The van der Waals surface area contributed by atoms with Gasteiger partial charge in [-0.2, -0.15) is 0 Å². The lowest BCUT2D eigenvalue weighted by molar-refractivity contribution is -0.0874. The van der Waals surface area contributed by atoms with Crippen molar-refractivity contribution in [2.45, 2.75) is 70.5 Å². The molecule has 0 saturated heterocycles. The van der Waals surface area contributed by atoms with E-state index in [1.165, 1.54) is 38.5 Å². The molecule has 0 aromatic heterocycles. The van der Waals surface area contributed by atoms with Gasteiger partial charge in [-0.15, -0.1) is 0 Å². The minimum atomic E-state index is 0.0315. The van der Waals surface area contributed by atoms with Crippen molar-refractivity contribution in [3.05, 3.63) is 0 Å². The lowest BCUT2D eigenvalue weighted by Crippen LogP contribution is -2.41. The molecule has 0 amide bonds. The average Bonchev–Trinajstić information content (AvgIpc) is 2.47. The summed E-state index contributed by atoms with van der Waals surface area (Å²) in [5.41, 5.74) is 0.0315. The predicted octanol–water partition coefficient (Wildman–Crippen LogP) is 3.11. The highest BCUT2D eigenvalue weighted by molar-refractivity contribution is 4.78. The van der Waals surface area contributed by atoms with Crippen LogP contribution in [0.1, 0.15) is 58.8 Å². The van der Waals surface area contributed by atoms with Crippen molar-refractivity contribution in [3.8, 4) is 0 Å². The molecule has 90 valence electrons. The van der Waals surface area contributed by atoms with Crippen LogP contribution in [0.5, 0.6) is 0 Å². The van der Waals surface area contributed by atoms with E-state index in [1.807, 2.05) is 7.05 Å². The van der Waals surface area contributed by atoms with Crippen molar-refractivity contribution in [2.75, 3.05) is 13.6 Å². The second-order valence-corrected chi connectivity index (χ2v) is 5.07. The number of ether oxygens (including phenoxy) is 1. The molecule has 1 fully saturated rings. The molecular formula is C13H27NO. The maximum atomic E-state index is 6.29. The third kappa shape index (κ3) is 4.52. The standard InChI is InChI=1S/C13H27NO/c1-4-13(2,11-14-3)15-12-9-7-5-6-8-10-12/h12,14H,4-11H2,1-3H3. The third-order valence-electron chi connectivity index (χ3n) is 3.55. The molecule has 2 nitrogen and oxygen atoms in total. The van der Waals surface area contributed by atoms with E-state index >= 15 is 0 Å². The van der Waals surface area contributed by atoms with E-state index in [4.69, 9.17) is 4.74 Å². The fraction of sp³-hybridized carbons (Fsp3) is 1.00. The maximum absolute atomic E-state index is 6.29. The highest BCUT2D eigenvalue weighted by Crippen LogP contribution is 2.25. The van der Waals surface area contributed by atoms with Gasteiger partial charge in [0.25, 0.3) is 0 Å². The van der Waals surface area contributed by atoms with E-state index < -0.39 is 0 Å². The summed E-state index contributed by atoms with van der Waals surface area (Å²) in [5, 5.41) is 3.24. The number of hydrogen-bond acceptors (Lipinski definition) is 2. The minimum Gasteiger partial charge on any atom is -0.371 e. The molecule has 0 spiro atoms. The molecule has 1 saturated carbocycles. The molecule has 0 radical (unpaired) electrons. The summed E-state index contributed by atoms with van der Waals surface area (Å²) in [6, 6.07) is 0. The number of hydrogen-bond donors (Lipinski definition) is 1. The van der Waals surface area contributed by atoms with Crippen molar-refractivity contribution in [1.82, 2.24) is 5.32 Å². The van der Waals surface area contributed by atoms with Gasteiger partial charge in [0, 0.05) is 6.54 Å². The van der Waals surface area contributed by atoms with Gasteiger partial charge in [-0.05, 0) is 33.2 Å². The molecule has 1 rings (SSSR count). The summed E-state index contributed by atoms with van der Waals surface area (Å²) in [6.07, 6.45) is 9.62. The Hall–Kier alpha value is -0.0800. The Balaban J connectivity index is 2.41. The first kappa shape index (κ1) is 13.0. The van der Waals surface area contributed by atoms with Crippen LogP contribution in [0.4, 0.5) is 0 Å². The molecule has 1 unspecified atom stereocenters. The molecular weight excluding hydrogens is 186 g/mol. The summed E-state index contributed by atoms with van der Waals surface area (Å²) in [4.78, 5) is 0. The molecule has 0 heterocycles. The normalized spacial score (nSPS) is 23.4. The second-order valence-electron chi connectivity index (χ2n) is 5.07. The Morgan fingerprint density at radius 1 is 1.20 bits per heavy atom. The molecule has 2 heteroatoms. The zero-order chi connectivity index (χ0) is 11.1. The van der Waals surface area contributed by atoms with Gasteiger partial charge in [0.15, 0.2) is 0 Å². The first-order valence-electron chi connectivity index (χ1n) is 6.52. The van der Waals surface area contributed by atoms with Gasteiger partial charge in [-0.1, -0.05) is 32.6 Å². The number of rotatable bonds is 5. The van der Waals surface area contributed by atoms with Crippen LogP contribution >= 0.6 is 0 Å². The fourth-order valence-electron chi connectivity index (χ4n) is 2.39. The molecule has 0 bridgehead atoms. The van der Waals surface area contributed by atoms with Crippen LogP contribution in [0.2, 0.25) is 0 Å². The zero-order valence-corrected chi connectivity index (χ0v) is 10.6. The van der Waals surface area contributed by atoms with Crippen LogP contribution in [0.15, 0.2) is 0 Å². The molecule has 15 heavy (non-hydrogen) atoms. The van der Waals surface area contributed by atoms with Crippen molar-refractivity contribution < 1.29 is 4.74 Å². The summed E-state index contributed by atoms with van der Waals surface area (Å²) < 4.78 is 6.29. The molecule has 1 aliphatic carbocycles. The van der Waals surface area contributed by atoms with Gasteiger partial charge in [-0.25, -0.2) is 0 Å². The van der Waals surface area contributed by atoms with E-state index in [0.717, 1.165) is 13.0 Å². The van der Waals surface area contributed by atoms with Gasteiger partial charge in [-0.3, -0.25) is 0 Å². The summed E-state index contributed by atoms with van der Waals surface area (Å²) in [7, 11) is 2.00. The van der Waals surface area contributed by atoms with Crippen LogP contribution in [0, 0.1) is 0 Å². The summed E-state index contributed by atoms with van der Waals surface area (Å²) in [5.74, 6) is 0. The van der Waals surface area contributed by atoms with Crippen LogP contribution in [0.25, 0.3) is 0 Å². The Bertz CT molecular complexity index is 164. The van der Waals surface area contributed by atoms with Gasteiger partial charge >= 0.3 is 0 Å². The lowest BCUT2D eigenvalue weighted by Gasteiger charge is -2.33. The van der Waals surface area contributed by atoms with Gasteiger partial charge in [0.2, 0.25) is 0 Å². The largest absolute Gasteiger partial charge is 0.371 e. The van der Waals surface area contributed by atoms with Crippen molar-refractivity contribution in [3.63, 3.8) is 0 Å². The van der Waals surface area contributed by atoms with Crippen molar-refractivity contribution >= 4 is 0 Å². The number of nitrogens with one attached hydrogen (secondary N) is 1. The summed E-state index contributed by atoms with van der Waals surface area (Å²) >= 11 is 0. The van der Waals surface area contributed by atoms with E-state index in [9.17, 15) is 0 Å². The van der Waals surface area contributed by atoms with E-state index in [2.05, 4.69) is 19.2 Å². The van der Waals surface area contributed by atoms with Crippen LogP contribution in [-0.2, 0) is 4.74 Å². The molecule has 0 aromatic carbocycles. The van der Waals surface area contributed by atoms with Gasteiger partial charge in [0.1, 0.15) is 0 Å². The molecule has 1 atom stereocenters. The quantitative estimate of drug-likeness (QED) is 0.709. The Morgan fingerprint density at radius 2 is 1.80 bits per heavy atom. The van der Waals surface area contributed by atoms with E-state index in [-0.39, 0.29) is 5.60 Å². The first-order valence-corrected chi connectivity index (χ1v) is 6.52. The molecule has 1 N–H and O–H groups in total. The van der Waals surface area contributed by atoms with Gasteiger partial charge < -0.3 is 10.1 Å². The van der Waals surface area contributed by atoms with E-state index in [0.29, 0.717) is 6.10 Å². The molecule has 0 aromatic rings. The smallest absolute Gasteiger partial charge is 0.0779 e.